The second-order valence-electron chi connectivity index (χ2n) is 4.17. The van der Waals surface area contributed by atoms with Gasteiger partial charge in [0.25, 0.3) is 5.91 Å². The van der Waals surface area contributed by atoms with Gasteiger partial charge in [-0.15, -0.1) is 0 Å². The number of carbonyl (C=O) groups excluding carboxylic acids is 1. The van der Waals surface area contributed by atoms with Gasteiger partial charge in [0.2, 0.25) is 0 Å². The van der Waals surface area contributed by atoms with Gasteiger partial charge in [-0.25, -0.2) is 9.97 Å². The predicted molar refractivity (Wildman–Crippen MR) is 59.4 cm³/mol. The van der Waals surface area contributed by atoms with E-state index >= 15 is 0 Å². The first kappa shape index (κ1) is 11.8. The van der Waals surface area contributed by atoms with E-state index in [0.717, 1.165) is 25.7 Å². The van der Waals surface area contributed by atoms with Gasteiger partial charge in [0, 0.05) is 12.4 Å². The Morgan fingerprint density at radius 2 is 1.88 bits per heavy atom. The lowest BCUT2D eigenvalue weighted by Gasteiger charge is -2.25. The summed E-state index contributed by atoms with van der Waals surface area (Å²) in [6.07, 6.45) is 5.59. The highest BCUT2D eigenvalue weighted by Crippen LogP contribution is 2.21. The monoisotopic (exact) mass is 237 g/mol. The Kier molecular flexibility index (Phi) is 3.53. The Labute approximate surface area is 98.8 Å². The summed E-state index contributed by atoms with van der Waals surface area (Å²) in [5.74, 6) is -0.558. The molecule has 1 fully saturated rings. The molecule has 1 aromatic heterocycles. The van der Waals surface area contributed by atoms with Crippen molar-refractivity contribution in [2.75, 3.05) is 0 Å². The van der Waals surface area contributed by atoms with Gasteiger partial charge >= 0.3 is 6.01 Å². The van der Waals surface area contributed by atoms with E-state index < -0.39 is 5.91 Å². The molecule has 3 N–H and O–H groups in total. The molecule has 0 unspecified atom stereocenters. The second-order valence-corrected chi connectivity index (χ2v) is 4.17. The molecule has 2 rings (SSSR count). The van der Waals surface area contributed by atoms with E-state index in [9.17, 15) is 9.90 Å². The molecule has 17 heavy (non-hydrogen) atoms. The fourth-order valence-electron chi connectivity index (χ4n) is 1.82. The largest absolute Gasteiger partial charge is 0.460 e. The van der Waals surface area contributed by atoms with Crippen LogP contribution in [0.1, 0.15) is 36.0 Å². The van der Waals surface area contributed by atoms with E-state index in [-0.39, 0.29) is 23.8 Å². The van der Waals surface area contributed by atoms with Crippen LogP contribution in [0.3, 0.4) is 0 Å². The molecule has 6 heteroatoms. The summed E-state index contributed by atoms with van der Waals surface area (Å²) in [6.45, 7) is 0. The van der Waals surface area contributed by atoms with Gasteiger partial charge < -0.3 is 15.6 Å². The van der Waals surface area contributed by atoms with Crippen LogP contribution in [-0.4, -0.2) is 33.2 Å². The van der Waals surface area contributed by atoms with Gasteiger partial charge in [-0.3, -0.25) is 4.79 Å². The number of aromatic nitrogens is 2. The van der Waals surface area contributed by atoms with Crippen molar-refractivity contribution in [3.8, 4) is 6.01 Å². The molecule has 1 aliphatic rings. The van der Waals surface area contributed by atoms with Gasteiger partial charge in [0.05, 0.1) is 11.7 Å². The van der Waals surface area contributed by atoms with E-state index in [1.54, 1.807) is 0 Å². The van der Waals surface area contributed by atoms with Crippen LogP contribution in [0.4, 0.5) is 0 Å². The van der Waals surface area contributed by atoms with Gasteiger partial charge in [-0.2, -0.15) is 0 Å². The number of hydrogen-bond donors (Lipinski definition) is 2. The summed E-state index contributed by atoms with van der Waals surface area (Å²) in [7, 11) is 0. The van der Waals surface area contributed by atoms with Crippen LogP contribution >= 0.6 is 0 Å². The van der Waals surface area contributed by atoms with E-state index in [1.165, 1.54) is 12.4 Å². The number of carbonyl (C=O) groups is 1. The molecule has 1 heterocycles. The van der Waals surface area contributed by atoms with Gasteiger partial charge in [0.1, 0.15) is 6.10 Å². The summed E-state index contributed by atoms with van der Waals surface area (Å²) in [5, 5.41) is 9.35. The SMILES string of the molecule is NC(=O)c1cnc(OC2CCC(O)CC2)nc1. The Morgan fingerprint density at radius 3 is 2.41 bits per heavy atom. The quantitative estimate of drug-likeness (QED) is 0.785. The van der Waals surface area contributed by atoms with Crippen molar-refractivity contribution in [2.45, 2.75) is 37.9 Å². The maximum absolute atomic E-state index is 10.8. The van der Waals surface area contributed by atoms with E-state index in [0.29, 0.717) is 0 Å². The highest BCUT2D eigenvalue weighted by atomic mass is 16.5. The minimum atomic E-state index is -0.558. The molecule has 1 amide bonds. The van der Waals surface area contributed by atoms with Gasteiger partial charge in [-0.05, 0) is 25.7 Å². The molecule has 0 bridgehead atoms. The van der Waals surface area contributed by atoms with Crippen LogP contribution in [-0.2, 0) is 0 Å². The summed E-state index contributed by atoms with van der Waals surface area (Å²) in [5.41, 5.74) is 5.34. The Balaban J connectivity index is 1.92. The number of primary amides is 1. The summed E-state index contributed by atoms with van der Waals surface area (Å²) < 4.78 is 5.55. The molecule has 6 nitrogen and oxygen atoms in total. The normalized spacial score (nSPS) is 24.3. The number of hydrogen-bond acceptors (Lipinski definition) is 5. The van der Waals surface area contributed by atoms with E-state index in [2.05, 4.69) is 9.97 Å². The molecule has 0 radical (unpaired) electrons. The van der Waals surface area contributed by atoms with Crippen molar-refractivity contribution in [3.05, 3.63) is 18.0 Å². The van der Waals surface area contributed by atoms with Crippen LogP contribution < -0.4 is 10.5 Å². The highest BCUT2D eigenvalue weighted by molar-refractivity contribution is 5.92. The van der Waals surface area contributed by atoms with Crippen LogP contribution in [0.15, 0.2) is 12.4 Å². The van der Waals surface area contributed by atoms with Crippen molar-refractivity contribution in [2.24, 2.45) is 5.73 Å². The molecular formula is C11H15N3O3. The van der Waals surface area contributed by atoms with Crippen LogP contribution in [0.25, 0.3) is 0 Å². The number of rotatable bonds is 3. The third-order valence-corrected chi connectivity index (χ3v) is 2.83. The Bertz CT molecular complexity index is 385. The first-order valence-corrected chi connectivity index (χ1v) is 5.61. The van der Waals surface area contributed by atoms with E-state index in [4.69, 9.17) is 10.5 Å². The molecule has 1 aromatic rings. The number of ether oxygens (including phenoxy) is 1. The molecule has 1 aliphatic carbocycles. The van der Waals surface area contributed by atoms with Crippen molar-refractivity contribution in [1.29, 1.82) is 0 Å². The fourth-order valence-corrected chi connectivity index (χ4v) is 1.82. The molecule has 0 saturated heterocycles. The zero-order chi connectivity index (χ0) is 12.3. The van der Waals surface area contributed by atoms with Crippen LogP contribution in [0, 0.1) is 0 Å². The van der Waals surface area contributed by atoms with Crippen molar-refractivity contribution < 1.29 is 14.6 Å². The maximum Gasteiger partial charge on any atom is 0.316 e. The molecular weight excluding hydrogens is 222 g/mol. The minimum absolute atomic E-state index is 0.0397. The molecule has 0 atom stereocenters. The average Bonchev–Trinajstić information content (AvgIpc) is 2.33. The number of aliphatic hydroxyl groups excluding tert-OH is 1. The molecule has 92 valence electrons. The number of amides is 1. The van der Waals surface area contributed by atoms with Crippen LogP contribution in [0.2, 0.25) is 0 Å². The second kappa shape index (κ2) is 5.09. The van der Waals surface area contributed by atoms with Crippen molar-refractivity contribution in [3.63, 3.8) is 0 Å². The predicted octanol–water partition coefficient (Wildman–Crippen LogP) is 0.258. The average molecular weight is 237 g/mol. The zero-order valence-electron chi connectivity index (χ0n) is 9.37. The van der Waals surface area contributed by atoms with Gasteiger partial charge in [-0.1, -0.05) is 0 Å². The van der Waals surface area contributed by atoms with Crippen LogP contribution in [0.5, 0.6) is 6.01 Å². The first-order chi connectivity index (χ1) is 8.15. The lowest BCUT2D eigenvalue weighted by atomic mass is 9.95. The summed E-state index contributed by atoms with van der Waals surface area (Å²) in [4.78, 5) is 18.6. The topological polar surface area (TPSA) is 98.3 Å². The Hall–Kier alpha value is -1.69. The lowest BCUT2D eigenvalue weighted by molar-refractivity contribution is 0.0618. The zero-order valence-corrected chi connectivity index (χ0v) is 9.37. The van der Waals surface area contributed by atoms with Crippen molar-refractivity contribution >= 4 is 5.91 Å². The fraction of sp³-hybridized carbons (Fsp3) is 0.545. The van der Waals surface area contributed by atoms with E-state index in [1.807, 2.05) is 0 Å². The summed E-state index contributed by atoms with van der Waals surface area (Å²) >= 11 is 0. The smallest absolute Gasteiger partial charge is 0.316 e. The number of nitrogens with two attached hydrogens (primary N) is 1. The summed E-state index contributed by atoms with van der Waals surface area (Å²) in [6, 6.07) is 0.247. The molecule has 0 aromatic carbocycles. The third kappa shape index (κ3) is 3.13. The molecule has 1 saturated carbocycles. The Morgan fingerprint density at radius 1 is 1.29 bits per heavy atom. The molecule has 0 aliphatic heterocycles. The highest BCUT2D eigenvalue weighted by Gasteiger charge is 2.21. The number of aliphatic hydroxyl groups is 1. The minimum Gasteiger partial charge on any atom is -0.460 e. The number of nitrogens with zero attached hydrogens (tertiary/aromatic N) is 2. The molecule has 0 spiro atoms. The maximum atomic E-state index is 10.8. The van der Waals surface area contributed by atoms with Gasteiger partial charge in [0.15, 0.2) is 0 Å². The lowest BCUT2D eigenvalue weighted by Crippen LogP contribution is -2.27. The third-order valence-electron chi connectivity index (χ3n) is 2.83. The van der Waals surface area contributed by atoms with Crippen molar-refractivity contribution in [1.82, 2.24) is 9.97 Å². The first-order valence-electron chi connectivity index (χ1n) is 5.61. The standard InChI is InChI=1S/C11H15N3O3/c12-10(16)7-5-13-11(14-6-7)17-9-3-1-8(15)2-4-9/h5-6,8-9,15H,1-4H2,(H2,12,16).